The van der Waals surface area contributed by atoms with Gasteiger partial charge in [-0.05, 0) is 39.8 Å². The largest absolute Gasteiger partial charge is 0.392 e. The van der Waals surface area contributed by atoms with Gasteiger partial charge in [0.15, 0.2) is 0 Å². The Balaban J connectivity index is 4.32. The van der Waals surface area contributed by atoms with Crippen molar-refractivity contribution in [2.75, 3.05) is 6.67 Å². The van der Waals surface area contributed by atoms with Crippen LogP contribution in [0.15, 0.2) is 0 Å². The van der Waals surface area contributed by atoms with Crippen LogP contribution in [-0.2, 0) is 8.85 Å². The zero-order valence-corrected chi connectivity index (χ0v) is 15.1. The van der Waals surface area contributed by atoms with Gasteiger partial charge in [0.05, 0.1) is 6.67 Å². The Kier molecular flexibility index (Phi) is 10.5. The van der Waals surface area contributed by atoms with E-state index in [0.717, 1.165) is 39.0 Å². The zero-order chi connectivity index (χ0) is 17.2. The number of halogens is 4. The minimum atomic E-state index is -3.20. The predicted molar refractivity (Wildman–Crippen MR) is 82.9 cm³/mol. The molecule has 0 aliphatic carbocycles. The van der Waals surface area contributed by atoms with E-state index in [4.69, 9.17) is 8.85 Å². The lowest BCUT2D eigenvalue weighted by Gasteiger charge is -2.34. The molecule has 0 aliphatic rings. The van der Waals surface area contributed by atoms with Crippen LogP contribution >= 0.6 is 0 Å². The fourth-order valence-corrected chi connectivity index (χ4v) is 5.44. The van der Waals surface area contributed by atoms with E-state index in [2.05, 4.69) is 0 Å². The molecule has 2 atom stereocenters. The summed E-state index contributed by atoms with van der Waals surface area (Å²) >= 11 is 0. The van der Waals surface area contributed by atoms with E-state index in [-0.39, 0.29) is 12.8 Å². The average Bonchev–Trinajstić information content (AvgIpc) is 2.35. The smallest absolute Gasteiger partial charge is 0.337 e. The molecule has 0 aliphatic heterocycles. The molecule has 2 nitrogen and oxygen atoms in total. The molecule has 0 N–H and O–H groups in total. The fourth-order valence-electron chi connectivity index (χ4n) is 2.35. The summed E-state index contributed by atoms with van der Waals surface area (Å²) < 4.78 is 61.9. The molecule has 134 valence electrons. The van der Waals surface area contributed by atoms with Crippen LogP contribution in [0.3, 0.4) is 0 Å². The van der Waals surface area contributed by atoms with Gasteiger partial charge < -0.3 is 8.85 Å². The van der Waals surface area contributed by atoms with Gasteiger partial charge in [-0.25, -0.2) is 13.2 Å². The predicted octanol–water partition coefficient (Wildman–Crippen LogP) is 5.76. The van der Waals surface area contributed by atoms with Crippen LogP contribution in [0, 0.1) is 0 Å². The number of alkyl halides is 4. The molecule has 0 amide bonds. The van der Waals surface area contributed by atoms with Crippen molar-refractivity contribution in [3.63, 3.8) is 0 Å². The molecule has 2 unspecified atom stereocenters. The SMILES string of the molecule is CC(C)O[Si](C)(CCCCCCCCF)OC(C)(F)C(F)F. The Morgan fingerprint density at radius 2 is 1.50 bits per heavy atom. The Morgan fingerprint density at radius 1 is 1.00 bits per heavy atom. The minimum absolute atomic E-state index is 0.199. The van der Waals surface area contributed by atoms with Gasteiger partial charge >= 0.3 is 8.56 Å². The molecule has 0 aromatic rings. The fraction of sp³-hybridized carbons (Fsp3) is 1.00. The van der Waals surface area contributed by atoms with Gasteiger partial charge in [0.2, 0.25) is 0 Å². The first-order chi connectivity index (χ1) is 10.1. The lowest BCUT2D eigenvalue weighted by atomic mass is 10.1. The van der Waals surface area contributed by atoms with E-state index >= 15 is 0 Å². The van der Waals surface area contributed by atoms with Gasteiger partial charge in [-0.1, -0.05) is 32.1 Å². The first-order valence-electron chi connectivity index (χ1n) is 8.04. The van der Waals surface area contributed by atoms with E-state index in [1.807, 2.05) is 0 Å². The Labute approximate surface area is 132 Å². The van der Waals surface area contributed by atoms with Crippen molar-refractivity contribution in [1.82, 2.24) is 0 Å². The summed E-state index contributed by atoms with van der Waals surface area (Å²) in [4.78, 5) is 0. The summed E-state index contributed by atoms with van der Waals surface area (Å²) in [5.74, 6) is -2.98. The van der Waals surface area contributed by atoms with Crippen LogP contribution in [0.25, 0.3) is 0 Å². The molecule has 0 saturated carbocycles. The van der Waals surface area contributed by atoms with Crippen LogP contribution in [0.4, 0.5) is 17.6 Å². The van der Waals surface area contributed by atoms with Gasteiger partial charge in [-0.3, -0.25) is 4.39 Å². The van der Waals surface area contributed by atoms with Crippen molar-refractivity contribution in [2.24, 2.45) is 0 Å². The molecule has 0 heterocycles. The molecule has 0 radical (unpaired) electrons. The van der Waals surface area contributed by atoms with Crippen LogP contribution in [-0.4, -0.2) is 33.6 Å². The minimum Gasteiger partial charge on any atom is -0.392 e. The summed E-state index contributed by atoms with van der Waals surface area (Å²) in [6, 6.07) is 0.473. The monoisotopic (exact) mass is 346 g/mol. The lowest BCUT2D eigenvalue weighted by molar-refractivity contribution is -0.170. The van der Waals surface area contributed by atoms with Crippen molar-refractivity contribution >= 4 is 8.56 Å². The van der Waals surface area contributed by atoms with Gasteiger partial charge in [-0.15, -0.1) is 0 Å². The summed E-state index contributed by atoms with van der Waals surface area (Å²) in [6.45, 7) is 5.66. The highest BCUT2D eigenvalue weighted by Crippen LogP contribution is 2.31. The van der Waals surface area contributed by atoms with Crippen LogP contribution in [0.2, 0.25) is 12.6 Å². The van der Waals surface area contributed by atoms with Crippen molar-refractivity contribution in [3.05, 3.63) is 0 Å². The third kappa shape index (κ3) is 9.79. The molecular weight excluding hydrogens is 316 g/mol. The van der Waals surface area contributed by atoms with Crippen molar-refractivity contribution in [1.29, 1.82) is 0 Å². The summed E-state index contributed by atoms with van der Waals surface area (Å²) in [5.41, 5.74) is 0. The third-order valence-corrected chi connectivity index (χ3v) is 6.37. The number of hydrogen-bond donors (Lipinski definition) is 0. The lowest BCUT2D eigenvalue weighted by Crippen LogP contribution is -2.49. The number of unbranched alkanes of at least 4 members (excludes halogenated alkanes) is 5. The molecule has 0 aromatic carbocycles. The normalized spacial score (nSPS) is 17.7. The topological polar surface area (TPSA) is 18.5 Å². The highest BCUT2D eigenvalue weighted by Gasteiger charge is 2.46. The average molecular weight is 346 g/mol. The van der Waals surface area contributed by atoms with E-state index in [0.29, 0.717) is 12.5 Å². The second kappa shape index (κ2) is 10.6. The van der Waals surface area contributed by atoms with Gasteiger partial charge in [0.25, 0.3) is 12.3 Å². The molecule has 0 aromatic heterocycles. The molecule has 0 spiro atoms. The van der Waals surface area contributed by atoms with Gasteiger partial charge in [0.1, 0.15) is 0 Å². The maximum absolute atomic E-state index is 13.8. The Bertz CT molecular complexity index is 291. The first kappa shape index (κ1) is 21.9. The molecule has 0 bridgehead atoms. The van der Waals surface area contributed by atoms with Crippen LogP contribution < -0.4 is 0 Å². The standard InChI is InChI=1S/C15H30F4O2Si/c1-13(2)20-22(4,21-15(3,19)14(17)18)12-10-8-6-5-7-9-11-16/h13-14H,5-12H2,1-4H3. The molecular formula is C15H30F4O2Si. The van der Waals surface area contributed by atoms with Crippen LogP contribution in [0.5, 0.6) is 0 Å². The number of rotatable bonds is 13. The highest BCUT2D eigenvalue weighted by atomic mass is 28.4. The maximum atomic E-state index is 13.8. The van der Waals surface area contributed by atoms with E-state index in [1.54, 1.807) is 20.4 Å². The molecule has 22 heavy (non-hydrogen) atoms. The van der Waals surface area contributed by atoms with E-state index in [9.17, 15) is 17.6 Å². The molecule has 0 rings (SSSR count). The molecule has 7 heteroatoms. The maximum Gasteiger partial charge on any atom is 0.337 e. The second-order valence-electron chi connectivity index (χ2n) is 6.25. The van der Waals surface area contributed by atoms with Gasteiger partial charge in [0, 0.05) is 6.10 Å². The van der Waals surface area contributed by atoms with Crippen LogP contribution in [0.1, 0.15) is 59.3 Å². The zero-order valence-electron chi connectivity index (χ0n) is 14.1. The van der Waals surface area contributed by atoms with Crippen molar-refractivity contribution in [3.8, 4) is 0 Å². The second-order valence-corrected chi connectivity index (χ2v) is 9.46. The molecule has 0 fully saturated rings. The summed E-state index contributed by atoms with van der Waals surface area (Å²) in [7, 11) is -3.00. The highest BCUT2D eigenvalue weighted by molar-refractivity contribution is 6.66. The van der Waals surface area contributed by atoms with Crippen molar-refractivity contribution in [2.45, 2.75) is 90.3 Å². The Morgan fingerprint density at radius 3 is 1.95 bits per heavy atom. The Hall–Kier alpha value is -0.143. The van der Waals surface area contributed by atoms with E-state index in [1.165, 1.54) is 0 Å². The number of hydrogen-bond acceptors (Lipinski definition) is 2. The summed E-state index contributed by atoms with van der Waals surface area (Å²) in [5, 5.41) is 0. The first-order valence-corrected chi connectivity index (χ1v) is 10.6. The molecule has 0 saturated heterocycles. The quantitative estimate of drug-likeness (QED) is 0.240. The van der Waals surface area contributed by atoms with Crippen molar-refractivity contribution < 1.29 is 26.4 Å². The third-order valence-electron chi connectivity index (χ3n) is 3.30. The van der Waals surface area contributed by atoms with Gasteiger partial charge in [-0.2, -0.15) is 0 Å². The summed E-state index contributed by atoms with van der Waals surface area (Å²) in [6.07, 6.45) is 1.57. The van der Waals surface area contributed by atoms with E-state index < -0.39 is 20.8 Å².